The Labute approximate surface area is 142 Å². The molecule has 0 aliphatic heterocycles. The molecule has 4 N–H and O–H groups in total. The molecule has 0 bridgehead atoms. The van der Waals surface area contributed by atoms with Gasteiger partial charge in [-0.05, 0) is 41.2 Å². The monoisotopic (exact) mass is 324 g/mol. The van der Waals surface area contributed by atoms with Crippen molar-refractivity contribution in [3.63, 3.8) is 0 Å². The van der Waals surface area contributed by atoms with Crippen molar-refractivity contribution < 1.29 is 9.59 Å². The predicted molar refractivity (Wildman–Crippen MR) is 96.9 cm³/mol. The van der Waals surface area contributed by atoms with Gasteiger partial charge in [0.15, 0.2) is 0 Å². The number of carbonyl (C=O) groups is 2. The third-order valence-corrected chi connectivity index (χ3v) is 4.14. The molecule has 0 heterocycles. The smallest absolute Gasteiger partial charge is 0.249 e. The van der Waals surface area contributed by atoms with E-state index in [2.05, 4.69) is 6.92 Å². The summed E-state index contributed by atoms with van der Waals surface area (Å²) in [6, 6.07) is 11.5. The maximum absolute atomic E-state index is 12.2. The first-order valence-corrected chi connectivity index (χ1v) is 8.34. The van der Waals surface area contributed by atoms with Crippen LogP contribution < -0.4 is 11.5 Å². The van der Waals surface area contributed by atoms with Gasteiger partial charge in [-0.15, -0.1) is 0 Å². The van der Waals surface area contributed by atoms with Crippen molar-refractivity contribution in [2.45, 2.75) is 39.5 Å². The standard InChI is InChI=1S/C20H24N2O2/c1-3-8-14-16(13-10-6-5-7-11-13)12-17(19(21)23)15(9-4-2)18(14)20(22)24/h5-7,10-12H,3-4,8-9H2,1-2H3,(H2,21,23)(H2,22,24). The third-order valence-electron chi connectivity index (χ3n) is 4.14. The van der Waals surface area contributed by atoms with E-state index in [1.54, 1.807) is 0 Å². The van der Waals surface area contributed by atoms with Gasteiger partial charge >= 0.3 is 0 Å². The lowest BCUT2D eigenvalue weighted by atomic mass is 9.84. The first-order chi connectivity index (χ1) is 11.5. The van der Waals surface area contributed by atoms with Gasteiger partial charge in [-0.1, -0.05) is 57.0 Å². The average molecular weight is 324 g/mol. The van der Waals surface area contributed by atoms with E-state index in [0.717, 1.165) is 36.0 Å². The van der Waals surface area contributed by atoms with E-state index in [0.29, 0.717) is 23.1 Å². The summed E-state index contributed by atoms with van der Waals surface area (Å²) in [7, 11) is 0. The Morgan fingerprint density at radius 3 is 1.96 bits per heavy atom. The molecule has 2 rings (SSSR count). The van der Waals surface area contributed by atoms with Crippen LogP contribution in [-0.2, 0) is 12.8 Å². The zero-order valence-electron chi connectivity index (χ0n) is 14.3. The Morgan fingerprint density at radius 1 is 0.875 bits per heavy atom. The van der Waals surface area contributed by atoms with Gasteiger partial charge in [-0.3, -0.25) is 9.59 Å². The van der Waals surface area contributed by atoms with E-state index < -0.39 is 11.8 Å². The molecule has 0 aromatic heterocycles. The number of amides is 2. The van der Waals surface area contributed by atoms with Crippen LogP contribution in [0.2, 0.25) is 0 Å². The van der Waals surface area contributed by atoms with Gasteiger partial charge in [-0.25, -0.2) is 0 Å². The Kier molecular flexibility index (Phi) is 5.74. The topological polar surface area (TPSA) is 86.2 Å². The Morgan fingerprint density at radius 2 is 1.46 bits per heavy atom. The predicted octanol–water partition coefficient (Wildman–Crippen LogP) is 3.46. The summed E-state index contributed by atoms with van der Waals surface area (Å²) in [6.45, 7) is 4.06. The van der Waals surface area contributed by atoms with Crippen LogP contribution in [-0.4, -0.2) is 11.8 Å². The SMILES string of the molecule is CCCc1c(C(N)=O)cc(-c2ccccc2)c(CCC)c1C(N)=O. The largest absolute Gasteiger partial charge is 0.366 e. The number of hydrogen-bond acceptors (Lipinski definition) is 2. The molecule has 0 saturated heterocycles. The molecular weight excluding hydrogens is 300 g/mol. The molecule has 0 spiro atoms. The van der Waals surface area contributed by atoms with Crippen molar-refractivity contribution in [1.82, 2.24) is 0 Å². The van der Waals surface area contributed by atoms with E-state index >= 15 is 0 Å². The number of rotatable bonds is 7. The highest BCUT2D eigenvalue weighted by Crippen LogP contribution is 2.33. The molecule has 0 saturated carbocycles. The van der Waals surface area contributed by atoms with Gasteiger partial charge in [0.1, 0.15) is 0 Å². The van der Waals surface area contributed by atoms with Crippen molar-refractivity contribution in [3.8, 4) is 11.1 Å². The summed E-state index contributed by atoms with van der Waals surface area (Å²) in [5, 5.41) is 0. The Hall–Kier alpha value is -2.62. The quantitative estimate of drug-likeness (QED) is 0.817. The molecule has 0 atom stereocenters. The van der Waals surface area contributed by atoms with Crippen LogP contribution in [0, 0.1) is 0 Å². The van der Waals surface area contributed by atoms with Gasteiger partial charge in [0.05, 0.1) is 0 Å². The zero-order valence-corrected chi connectivity index (χ0v) is 14.3. The van der Waals surface area contributed by atoms with E-state index in [1.165, 1.54) is 0 Å². The molecule has 126 valence electrons. The molecule has 2 aromatic carbocycles. The number of carbonyl (C=O) groups excluding carboxylic acids is 2. The van der Waals surface area contributed by atoms with E-state index in [4.69, 9.17) is 11.5 Å². The lowest BCUT2D eigenvalue weighted by Crippen LogP contribution is -2.23. The second-order valence-corrected chi connectivity index (χ2v) is 5.90. The van der Waals surface area contributed by atoms with Crippen molar-refractivity contribution in [1.29, 1.82) is 0 Å². The minimum Gasteiger partial charge on any atom is -0.366 e. The Bertz CT molecular complexity index is 752. The van der Waals surface area contributed by atoms with Crippen LogP contribution in [0.4, 0.5) is 0 Å². The van der Waals surface area contributed by atoms with E-state index in [-0.39, 0.29) is 0 Å². The fourth-order valence-corrected chi connectivity index (χ4v) is 3.18. The van der Waals surface area contributed by atoms with Gasteiger partial charge in [0.2, 0.25) is 11.8 Å². The van der Waals surface area contributed by atoms with E-state index in [1.807, 2.05) is 43.3 Å². The van der Waals surface area contributed by atoms with Crippen LogP contribution in [0.15, 0.2) is 36.4 Å². The summed E-state index contributed by atoms with van der Waals surface area (Å²) in [5.41, 5.74) is 15.6. The molecule has 2 amide bonds. The zero-order chi connectivity index (χ0) is 17.7. The normalized spacial score (nSPS) is 10.6. The van der Waals surface area contributed by atoms with Gasteiger partial charge in [0.25, 0.3) is 0 Å². The molecule has 24 heavy (non-hydrogen) atoms. The minimum absolute atomic E-state index is 0.393. The molecule has 0 aliphatic rings. The second-order valence-electron chi connectivity index (χ2n) is 5.90. The highest BCUT2D eigenvalue weighted by Gasteiger charge is 2.23. The molecule has 0 fully saturated rings. The average Bonchev–Trinajstić information content (AvgIpc) is 2.55. The lowest BCUT2D eigenvalue weighted by Gasteiger charge is -2.20. The van der Waals surface area contributed by atoms with Crippen molar-refractivity contribution in [2.75, 3.05) is 0 Å². The number of primary amides is 2. The molecular formula is C20H24N2O2. The van der Waals surface area contributed by atoms with Crippen LogP contribution >= 0.6 is 0 Å². The van der Waals surface area contributed by atoms with Crippen molar-refractivity contribution in [3.05, 3.63) is 58.7 Å². The maximum Gasteiger partial charge on any atom is 0.249 e. The molecule has 4 heteroatoms. The number of hydrogen-bond donors (Lipinski definition) is 2. The van der Waals surface area contributed by atoms with Crippen LogP contribution in [0.25, 0.3) is 11.1 Å². The molecule has 0 unspecified atom stereocenters. The van der Waals surface area contributed by atoms with Gasteiger partial charge in [-0.2, -0.15) is 0 Å². The Balaban J connectivity index is 2.88. The summed E-state index contributed by atoms with van der Waals surface area (Å²) in [4.78, 5) is 24.2. The summed E-state index contributed by atoms with van der Waals surface area (Å²) in [5.74, 6) is -1.02. The number of nitrogens with two attached hydrogens (primary N) is 2. The van der Waals surface area contributed by atoms with Crippen LogP contribution in [0.1, 0.15) is 58.5 Å². The summed E-state index contributed by atoms with van der Waals surface area (Å²) >= 11 is 0. The van der Waals surface area contributed by atoms with E-state index in [9.17, 15) is 9.59 Å². The molecule has 2 aromatic rings. The molecule has 0 aliphatic carbocycles. The molecule has 0 radical (unpaired) electrons. The highest BCUT2D eigenvalue weighted by atomic mass is 16.1. The fraction of sp³-hybridized carbons (Fsp3) is 0.300. The highest BCUT2D eigenvalue weighted by molar-refractivity contribution is 6.04. The minimum atomic E-state index is -0.527. The second kappa shape index (κ2) is 7.77. The number of benzene rings is 2. The van der Waals surface area contributed by atoms with Crippen molar-refractivity contribution in [2.24, 2.45) is 11.5 Å². The first kappa shape index (κ1) is 17.7. The first-order valence-electron chi connectivity index (χ1n) is 8.34. The van der Waals surface area contributed by atoms with Gasteiger partial charge < -0.3 is 11.5 Å². The van der Waals surface area contributed by atoms with Crippen LogP contribution in [0.5, 0.6) is 0 Å². The fourth-order valence-electron chi connectivity index (χ4n) is 3.18. The lowest BCUT2D eigenvalue weighted by molar-refractivity contribution is 0.0998. The summed E-state index contributed by atoms with van der Waals surface area (Å²) in [6.07, 6.45) is 3.00. The molecule has 4 nitrogen and oxygen atoms in total. The van der Waals surface area contributed by atoms with Crippen LogP contribution in [0.3, 0.4) is 0 Å². The third kappa shape index (κ3) is 3.48. The van der Waals surface area contributed by atoms with Crippen molar-refractivity contribution >= 4 is 11.8 Å². The summed E-state index contributed by atoms with van der Waals surface area (Å²) < 4.78 is 0. The van der Waals surface area contributed by atoms with Gasteiger partial charge in [0, 0.05) is 11.1 Å². The maximum atomic E-state index is 12.2.